The molecule has 1 aliphatic rings. The maximum Gasteiger partial charge on any atom is 0.471 e. The van der Waals surface area contributed by atoms with E-state index in [0.29, 0.717) is 22.7 Å². The molecule has 120 valence electrons. The van der Waals surface area contributed by atoms with Crippen molar-refractivity contribution in [3.05, 3.63) is 23.8 Å². The molecule has 5 nitrogen and oxygen atoms in total. The van der Waals surface area contributed by atoms with Crippen LogP contribution in [0.3, 0.4) is 0 Å². The van der Waals surface area contributed by atoms with E-state index in [0.717, 1.165) is 5.56 Å². The quantitative estimate of drug-likeness (QED) is 0.820. The van der Waals surface area contributed by atoms with Gasteiger partial charge in [-0.15, -0.1) is 0 Å². The van der Waals surface area contributed by atoms with Crippen molar-refractivity contribution in [2.75, 3.05) is 17.6 Å². The summed E-state index contributed by atoms with van der Waals surface area (Å²) >= 11 is 0. The first-order chi connectivity index (χ1) is 10.2. The van der Waals surface area contributed by atoms with Gasteiger partial charge in [0.05, 0.1) is 11.4 Å². The summed E-state index contributed by atoms with van der Waals surface area (Å²) in [5, 5.41) is 2.49. The van der Waals surface area contributed by atoms with Crippen molar-refractivity contribution in [1.29, 1.82) is 0 Å². The lowest BCUT2D eigenvalue weighted by Gasteiger charge is -2.25. The molecule has 1 aromatic rings. The van der Waals surface area contributed by atoms with Crippen LogP contribution in [-0.2, 0) is 9.59 Å². The van der Waals surface area contributed by atoms with E-state index in [1.165, 1.54) is 0 Å². The summed E-state index contributed by atoms with van der Waals surface area (Å²) in [6, 6.07) is 3.81. The van der Waals surface area contributed by atoms with Crippen molar-refractivity contribution in [2.45, 2.75) is 32.0 Å². The molecular weight excluding hydrogens is 299 g/mol. The van der Waals surface area contributed by atoms with Gasteiger partial charge in [-0.25, -0.2) is 0 Å². The van der Waals surface area contributed by atoms with Crippen LogP contribution in [0.4, 0.5) is 24.5 Å². The molecule has 1 unspecified atom stereocenters. The number of carbonyl (C=O) groups is 2. The van der Waals surface area contributed by atoms with Crippen LogP contribution in [0.25, 0.3) is 0 Å². The van der Waals surface area contributed by atoms with Crippen LogP contribution in [0, 0.1) is 6.92 Å². The van der Waals surface area contributed by atoms with Gasteiger partial charge in [-0.1, -0.05) is 6.07 Å². The van der Waals surface area contributed by atoms with Crippen LogP contribution >= 0.6 is 0 Å². The van der Waals surface area contributed by atoms with Crippen LogP contribution in [0.1, 0.15) is 18.4 Å². The number of nitrogens with two attached hydrogens (primary N) is 1. The molecule has 0 bridgehead atoms. The number of anilines is 2. The highest BCUT2D eigenvalue weighted by Gasteiger charge is 2.47. The molecule has 2 amide bonds. The standard InChI is InChI=1S/C14H16F3N3O2/c1-8-4-5-10(9(18)7-8)19-12(21)11-3-2-6-20(11)13(22)14(15,16)17/h4-5,7,11H,2-3,6,18H2,1H3,(H,19,21). The number of likely N-dealkylation sites (tertiary alicyclic amines) is 1. The summed E-state index contributed by atoms with van der Waals surface area (Å²) in [6.45, 7) is 1.74. The zero-order valence-corrected chi connectivity index (χ0v) is 11.9. The maximum absolute atomic E-state index is 12.5. The van der Waals surface area contributed by atoms with E-state index in [1.54, 1.807) is 18.2 Å². The van der Waals surface area contributed by atoms with Crippen molar-refractivity contribution >= 4 is 23.2 Å². The molecule has 2 rings (SSSR count). The van der Waals surface area contributed by atoms with Crippen molar-refractivity contribution in [1.82, 2.24) is 4.90 Å². The van der Waals surface area contributed by atoms with Crippen LogP contribution < -0.4 is 11.1 Å². The minimum Gasteiger partial charge on any atom is -0.397 e. The Morgan fingerprint density at radius 2 is 2.05 bits per heavy atom. The summed E-state index contributed by atoms with van der Waals surface area (Å²) < 4.78 is 37.6. The second kappa shape index (κ2) is 5.86. The molecular formula is C14H16F3N3O2. The van der Waals surface area contributed by atoms with Gasteiger partial charge in [-0.05, 0) is 37.5 Å². The molecule has 3 N–H and O–H groups in total. The second-order valence-corrected chi connectivity index (χ2v) is 5.23. The lowest BCUT2D eigenvalue weighted by molar-refractivity contribution is -0.186. The number of nitrogens with zero attached hydrogens (tertiary/aromatic N) is 1. The fourth-order valence-corrected chi connectivity index (χ4v) is 2.46. The van der Waals surface area contributed by atoms with E-state index in [4.69, 9.17) is 5.73 Å². The zero-order valence-electron chi connectivity index (χ0n) is 11.9. The minimum absolute atomic E-state index is 0.0835. The average molecular weight is 315 g/mol. The lowest BCUT2D eigenvalue weighted by atomic mass is 10.1. The smallest absolute Gasteiger partial charge is 0.397 e. The Kier molecular flexibility index (Phi) is 4.30. The topological polar surface area (TPSA) is 75.4 Å². The first-order valence-corrected chi connectivity index (χ1v) is 6.75. The third-order valence-electron chi connectivity index (χ3n) is 3.52. The molecule has 1 aromatic carbocycles. The molecule has 8 heteroatoms. The third-order valence-corrected chi connectivity index (χ3v) is 3.52. The number of benzene rings is 1. The van der Waals surface area contributed by atoms with E-state index >= 15 is 0 Å². The highest BCUT2D eigenvalue weighted by atomic mass is 19.4. The number of carbonyl (C=O) groups excluding carboxylic acids is 2. The molecule has 1 saturated heterocycles. The van der Waals surface area contributed by atoms with E-state index in [2.05, 4.69) is 5.32 Å². The van der Waals surface area contributed by atoms with Gasteiger partial charge in [0.25, 0.3) is 0 Å². The van der Waals surface area contributed by atoms with Crippen molar-refractivity contribution < 1.29 is 22.8 Å². The van der Waals surface area contributed by atoms with Crippen molar-refractivity contribution in [3.63, 3.8) is 0 Å². The van der Waals surface area contributed by atoms with Gasteiger partial charge in [0.2, 0.25) is 5.91 Å². The van der Waals surface area contributed by atoms with Crippen LogP contribution in [0.5, 0.6) is 0 Å². The van der Waals surface area contributed by atoms with Crippen LogP contribution in [0.15, 0.2) is 18.2 Å². The van der Waals surface area contributed by atoms with E-state index in [9.17, 15) is 22.8 Å². The van der Waals surface area contributed by atoms with Crippen molar-refractivity contribution in [2.24, 2.45) is 0 Å². The number of amides is 2. The van der Waals surface area contributed by atoms with Gasteiger partial charge in [-0.3, -0.25) is 9.59 Å². The Balaban J connectivity index is 2.13. The highest BCUT2D eigenvalue weighted by Crippen LogP contribution is 2.27. The largest absolute Gasteiger partial charge is 0.471 e. The fourth-order valence-electron chi connectivity index (χ4n) is 2.46. The Hall–Kier alpha value is -2.25. The molecule has 1 atom stereocenters. The Morgan fingerprint density at radius 1 is 1.36 bits per heavy atom. The number of halogens is 3. The first kappa shape index (κ1) is 16.1. The second-order valence-electron chi connectivity index (χ2n) is 5.23. The fraction of sp³-hybridized carbons (Fsp3) is 0.429. The summed E-state index contributed by atoms with van der Waals surface area (Å²) in [5.74, 6) is -2.65. The zero-order chi connectivity index (χ0) is 16.5. The Morgan fingerprint density at radius 3 is 2.64 bits per heavy atom. The molecule has 0 spiro atoms. The summed E-state index contributed by atoms with van der Waals surface area (Å²) in [5.41, 5.74) is 7.29. The number of alkyl halides is 3. The SMILES string of the molecule is Cc1ccc(NC(=O)C2CCCN2C(=O)C(F)(F)F)c(N)c1. The predicted molar refractivity (Wildman–Crippen MR) is 75.0 cm³/mol. The van der Waals surface area contributed by atoms with Gasteiger partial charge in [0.1, 0.15) is 6.04 Å². The van der Waals surface area contributed by atoms with Crippen LogP contribution in [-0.4, -0.2) is 35.5 Å². The number of rotatable bonds is 2. The number of hydrogen-bond acceptors (Lipinski definition) is 3. The monoisotopic (exact) mass is 315 g/mol. The summed E-state index contributed by atoms with van der Waals surface area (Å²) in [6.07, 6.45) is -4.44. The molecule has 22 heavy (non-hydrogen) atoms. The van der Waals surface area contributed by atoms with Gasteiger partial charge < -0.3 is 16.0 Å². The van der Waals surface area contributed by atoms with Gasteiger partial charge in [0.15, 0.2) is 0 Å². The van der Waals surface area contributed by atoms with Crippen molar-refractivity contribution in [3.8, 4) is 0 Å². The summed E-state index contributed by atoms with van der Waals surface area (Å²) in [4.78, 5) is 24.1. The van der Waals surface area contributed by atoms with Gasteiger partial charge >= 0.3 is 12.1 Å². The lowest BCUT2D eigenvalue weighted by Crippen LogP contribution is -2.48. The Bertz CT molecular complexity index is 601. The van der Waals surface area contributed by atoms with Gasteiger partial charge in [-0.2, -0.15) is 13.2 Å². The molecule has 0 saturated carbocycles. The highest BCUT2D eigenvalue weighted by molar-refractivity contribution is 6.00. The normalized spacial score (nSPS) is 18.4. The Labute approximate surface area is 125 Å². The van der Waals surface area contributed by atoms with Gasteiger partial charge in [0, 0.05) is 6.54 Å². The molecule has 0 aliphatic carbocycles. The molecule has 0 radical (unpaired) electrons. The maximum atomic E-state index is 12.5. The molecule has 1 fully saturated rings. The summed E-state index contributed by atoms with van der Waals surface area (Å²) in [7, 11) is 0. The molecule has 0 aromatic heterocycles. The predicted octanol–water partition coefficient (Wildman–Crippen LogP) is 2.07. The third kappa shape index (κ3) is 3.32. The number of hydrogen-bond donors (Lipinski definition) is 2. The first-order valence-electron chi connectivity index (χ1n) is 6.75. The van der Waals surface area contributed by atoms with E-state index < -0.39 is 24.0 Å². The van der Waals surface area contributed by atoms with Crippen LogP contribution in [0.2, 0.25) is 0 Å². The average Bonchev–Trinajstić information content (AvgIpc) is 2.89. The van der Waals surface area contributed by atoms with E-state index in [-0.39, 0.29) is 13.0 Å². The minimum atomic E-state index is -4.98. The van der Waals surface area contributed by atoms with E-state index in [1.807, 2.05) is 6.92 Å². The number of aryl methyl sites for hydroxylation is 1. The number of nitrogen functional groups attached to an aromatic ring is 1. The molecule has 1 heterocycles. The number of nitrogens with one attached hydrogen (secondary N) is 1. The molecule has 1 aliphatic heterocycles.